The van der Waals surface area contributed by atoms with Gasteiger partial charge < -0.3 is 13.7 Å². The molecule has 1 fully saturated rings. The lowest BCUT2D eigenvalue weighted by Crippen LogP contribution is -2.40. The van der Waals surface area contributed by atoms with E-state index >= 15 is 0 Å². The number of furan rings is 1. The van der Waals surface area contributed by atoms with Crippen LogP contribution in [0.2, 0.25) is 0 Å². The average molecular weight is 481 g/mol. The van der Waals surface area contributed by atoms with Crippen molar-refractivity contribution in [1.29, 1.82) is 0 Å². The van der Waals surface area contributed by atoms with Crippen molar-refractivity contribution in [2.24, 2.45) is 0 Å². The largest absolute Gasteiger partial charge is 0.467 e. The molecule has 1 aliphatic rings. The van der Waals surface area contributed by atoms with E-state index in [0.717, 1.165) is 29.2 Å². The van der Waals surface area contributed by atoms with Gasteiger partial charge in [0.15, 0.2) is 0 Å². The second-order valence-corrected chi connectivity index (χ2v) is 10.1. The first-order valence-electron chi connectivity index (χ1n) is 11.5. The second-order valence-electron chi connectivity index (χ2n) is 8.18. The highest BCUT2D eigenvalue weighted by atomic mass is 32.2. The number of rotatable bonds is 8. The number of sulfonamides is 1. The number of aromatic nitrogens is 2. The Morgan fingerprint density at radius 1 is 1.06 bits per heavy atom. The van der Waals surface area contributed by atoms with Gasteiger partial charge >= 0.3 is 0 Å². The van der Waals surface area contributed by atoms with Gasteiger partial charge in [0.2, 0.25) is 10.0 Å². The summed E-state index contributed by atoms with van der Waals surface area (Å²) in [5, 5.41) is 3.57. The molecule has 8 nitrogen and oxygen atoms in total. The summed E-state index contributed by atoms with van der Waals surface area (Å²) in [5.41, 5.74) is 2.67. The van der Waals surface area contributed by atoms with E-state index in [0.29, 0.717) is 38.4 Å². The van der Waals surface area contributed by atoms with Crippen molar-refractivity contribution >= 4 is 21.1 Å². The smallest absolute Gasteiger partial charge is 0.243 e. The molecule has 0 radical (unpaired) electrons. The summed E-state index contributed by atoms with van der Waals surface area (Å²) in [4.78, 5) is 5.08. The maximum Gasteiger partial charge on any atom is 0.243 e. The van der Waals surface area contributed by atoms with Gasteiger partial charge in [0.1, 0.15) is 11.6 Å². The first-order valence-corrected chi connectivity index (χ1v) is 12.9. The molecule has 0 bridgehead atoms. The number of hydrogen-bond donors (Lipinski definition) is 1. The van der Waals surface area contributed by atoms with Crippen molar-refractivity contribution in [1.82, 2.24) is 19.2 Å². The van der Waals surface area contributed by atoms with Crippen LogP contribution in [0.5, 0.6) is 0 Å². The van der Waals surface area contributed by atoms with E-state index in [4.69, 9.17) is 14.1 Å². The molecule has 1 atom stereocenters. The van der Waals surface area contributed by atoms with Crippen LogP contribution in [0.1, 0.15) is 30.1 Å². The predicted molar refractivity (Wildman–Crippen MR) is 129 cm³/mol. The fourth-order valence-electron chi connectivity index (χ4n) is 4.42. The van der Waals surface area contributed by atoms with E-state index in [9.17, 15) is 8.42 Å². The predicted octanol–water partition coefficient (Wildman–Crippen LogP) is 3.55. The summed E-state index contributed by atoms with van der Waals surface area (Å²) >= 11 is 0. The van der Waals surface area contributed by atoms with Crippen LogP contribution in [0.15, 0.2) is 76.2 Å². The van der Waals surface area contributed by atoms with Gasteiger partial charge in [0, 0.05) is 19.6 Å². The molecule has 34 heavy (non-hydrogen) atoms. The van der Waals surface area contributed by atoms with Crippen molar-refractivity contribution in [2.75, 3.05) is 26.3 Å². The van der Waals surface area contributed by atoms with Crippen LogP contribution in [-0.4, -0.2) is 48.6 Å². The highest BCUT2D eigenvalue weighted by Crippen LogP contribution is 2.26. The number of imidazole rings is 1. The highest BCUT2D eigenvalue weighted by molar-refractivity contribution is 7.89. The SMILES string of the molecule is CCn1c(CNC(c2ccccc2)c2ccco2)nc2cc(S(=O)(=O)N3CCOCC3)ccc21. The normalized spacial score (nSPS) is 16.1. The van der Waals surface area contributed by atoms with Crippen molar-refractivity contribution in [3.63, 3.8) is 0 Å². The molecule has 1 unspecified atom stereocenters. The van der Waals surface area contributed by atoms with Crippen molar-refractivity contribution in [3.8, 4) is 0 Å². The lowest BCUT2D eigenvalue weighted by molar-refractivity contribution is 0.0730. The van der Waals surface area contributed by atoms with Crippen LogP contribution >= 0.6 is 0 Å². The van der Waals surface area contributed by atoms with Gasteiger partial charge in [-0.3, -0.25) is 5.32 Å². The number of fused-ring (bicyclic) bond motifs is 1. The molecule has 3 heterocycles. The molecule has 0 spiro atoms. The minimum Gasteiger partial charge on any atom is -0.467 e. The van der Waals surface area contributed by atoms with E-state index in [-0.39, 0.29) is 10.9 Å². The second kappa shape index (κ2) is 9.71. The van der Waals surface area contributed by atoms with Crippen LogP contribution in [0.25, 0.3) is 11.0 Å². The van der Waals surface area contributed by atoms with Gasteiger partial charge in [-0.1, -0.05) is 30.3 Å². The maximum atomic E-state index is 13.1. The van der Waals surface area contributed by atoms with Gasteiger partial charge in [-0.2, -0.15) is 4.31 Å². The molecule has 178 valence electrons. The summed E-state index contributed by atoms with van der Waals surface area (Å²) < 4.78 is 40.8. The van der Waals surface area contributed by atoms with Crippen LogP contribution in [0.3, 0.4) is 0 Å². The van der Waals surface area contributed by atoms with Gasteiger partial charge in [-0.15, -0.1) is 0 Å². The third-order valence-electron chi connectivity index (χ3n) is 6.15. The number of benzene rings is 2. The molecule has 4 aromatic rings. The topological polar surface area (TPSA) is 89.6 Å². The molecular weight excluding hydrogens is 452 g/mol. The lowest BCUT2D eigenvalue weighted by Gasteiger charge is -2.26. The Morgan fingerprint density at radius 3 is 2.56 bits per heavy atom. The first-order chi connectivity index (χ1) is 16.6. The molecule has 1 aliphatic heterocycles. The van der Waals surface area contributed by atoms with Gasteiger partial charge in [0.25, 0.3) is 0 Å². The average Bonchev–Trinajstić information content (AvgIpc) is 3.53. The van der Waals surface area contributed by atoms with Crippen molar-refractivity contribution in [3.05, 3.63) is 84.1 Å². The Balaban J connectivity index is 1.44. The zero-order valence-corrected chi connectivity index (χ0v) is 19.9. The van der Waals surface area contributed by atoms with Crippen LogP contribution < -0.4 is 5.32 Å². The number of ether oxygens (including phenoxy) is 1. The van der Waals surface area contributed by atoms with E-state index in [1.807, 2.05) is 36.4 Å². The van der Waals surface area contributed by atoms with Crippen LogP contribution in [0.4, 0.5) is 0 Å². The van der Waals surface area contributed by atoms with Crippen molar-refractivity contribution < 1.29 is 17.6 Å². The molecule has 1 N–H and O–H groups in total. The molecule has 0 aliphatic carbocycles. The summed E-state index contributed by atoms with van der Waals surface area (Å²) in [7, 11) is -3.58. The van der Waals surface area contributed by atoms with E-state index in [1.165, 1.54) is 4.31 Å². The summed E-state index contributed by atoms with van der Waals surface area (Å²) in [6.45, 7) is 4.84. The standard InChI is InChI=1S/C25H28N4O4S/c1-2-29-22-11-10-20(34(30,31)28-12-15-32-16-13-28)17-21(22)27-24(29)18-26-25(23-9-6-14-33-23)19-7-4-3-5-8-19/h3-11,14,17,25-26H,2,12-13,15-16,18H2,1H3. The monoisotopic (exact) mass is 480 g/mol. The first kappa shape index (κ1) is 22.8. The zero-order chi connectivity index (χ0) is 23.5. The molecule has 9 heteroatoms. The van der Waals surface area contributed by atoms with Crippen molar-refractivity contribution in [2.45, 2.75) is 31.0 Å². The van der Waals surface area contributed by atoms with Crippen LogP contribution in [0, 0.1) is 0 Å². The number of nitrogens with zero attached hydrogens (tertiary/aromatic N) is 3. The molecule has 5 rings (SSSR count). The maximum absolute atomic E-state index is 13.1. The van der Waals surface area contributed by atoms with Gasteiger partial charge in [-0.25, -0.2) is 13.4 Å². The fraction of sp³-hybridized carbons (Fsp3) is 0.320. The third-order valence-corrected chi connectivity index (χ3v) is 8.04. The Bertz CT molecular complexity index is 1340. The number of hydrogen-bond acceptors (Lipinski definition) is 6. The zero-order valence-electron chi connectivity index (χ0n) is 19.1. The molecule has 0 amide bonds. The van der Waals surface area contributed by atoms with Gasteiger partial charge in [0.05, 0.1) is 48.0 Å². The third kappa shape index (κ3) is 4.39. The molecular formula is C25H28N4O4S. The Labute approximate surface area is 199 Å². The quantitative estimate of drug-likeness (QED) is 0.415. The number of nitrogens with one attached hydrogen (secondary N) is 1. The van der Waals surface area contributed by atoms with E-state index in [2.05, 4.69) is 28.9 Å². The summed E-state index contributed by atoms with van der Waals surface area (Å²) in [6.07, 6.45) is 1.67. The van der Waals surface area contributed by atoms with E-state index in [1.54, 1.807) is 18.4 Å². The highest BCUT2D eigenvalue weighted by Gasteiger charge is 2.27. The summed E-state index contributed by atoms with van der Waals surface area (Å²) in [5.74, 6) is 1.66. The lowest BCUT2D eigenvalue weighted by atomic mass is 10.0. The fourth-order valence-corrected chi connectivity index (χ4v) is 5.85. The van der Waals surface area contributed by atoms with E-state index < -0.39 is 10.0 Å². The minimum absolute atomic E-state index is 0.126. The van der Waals surface area contributed by atoms with Gasteiger partial charge in [-0.05, 0) is 42.8 Å². The number of morpholine rings is 1. The summed E-state index contributed by atoms with van der Waals surface area (Å²) in [6, 6.07) is 19.0. The Hall–Kier alpha value is -2.98. The molecule has 2 aromatic heterocycles. The van der Waals surface area contributed by atoms with Crippen LogP contribution in [-0.2, 0) is 27.8 Å². The molecule has 2 aromatic carbocycles. The minimum atomic E-state index is -3.58. The Morgan fingerprint density at radius 2 is 1.85 bits per heavy atom. The molecule has 1 saturated heterocycles. The number of aryl methyl sites for hydroxylation is 1. The molecule has 0 saturated carbocycles. The Kier molecular flexibility index (Phi) is 6.51.